The first-order chi connectivity index (χ1) is 10.2. The van der Waals surface area contributed by atoms with E-state index in [1.54, 1.807) is 0 Å². The summed E-state index contributed by atoms with van der Waals surface area (Å²) in [5.41, 5.74) is 8.51. The molecule has 0 fully saturated rings. The second kappa shape index (κ2) is 5.70. The van der Waals surface area contributed by atoms with E-state index in [4.69, 9.17) is 0 Å². The van der Waals surface area contributed by atoms with Gasteiger partial charge in [0.15, 0.2) is 0 Å². The molecular weight excluding hydrogens is 260 g/mol. The SMILES string of the molecule is Cc1ccc2c(c1)[C@H](CC[NH3+])C(=O)N2Cc1ccccc1. The number of hydrogen-bond donors (Lipinski definition) is 1. The summed E-state index contributed by atoms with van der Waals surface area (Å²) in [5, 5.41) is 0. The van der Waals surface area contributed by atoms with E-state index in [1.807, 2.05) is 23.1 Å². The van der Waals surface area contributed by atoms with E-state index in [1.165, 1.54) is 11.1 Å². The third-order valence-electron chi connectivity index (χ3n) is 4.09. The maximum Gasteiger partial charge on any atom is 0.235 e. The summed E-state index contributed by atoms with van der Waals surface area (Å²) in [6.07, 6.45) is 0.820. The van der Waals surface area contributed by atoms with E-state index >= 15 is 0 Å². The van der Waals surface area contributed by atoms with Gasteiger partial charge in [0.2, 0.25) is 5.91 Å². The van der Waals surface area contributed by atoms with E-state index in [9.17, 15) is 4.79 Å². The molecule has 1 atom stereocenters. The maximum atomic E-state index is 12.8. The van der Waals surface area contributed by atoms with Gasteiger partial charge < -0.3 is 10.6 Å². The molecule has 1 amide bonds. The standard InChI is InChI=1S/C18H20N2O/c1-13-7-8-17-16(11-13)15(9-10-19)18(21)20(17)12-14-5-3-2-4-6-14/h2-8,11,15H,9-10,12,19H2,1H3/p+1/t15-/m0/s1. The average Bonchev–Trinajstić information content (AvgIpc) is 2.74. The van der Waals surface area contributed by atoms with Crippen LogP contribution in [0, 0.1) is 6.92 Å². The number of carbonyl (C=O) groups is 1. The van der Waals surface area contributed by atoms with Crippen molar-refractivity contribution in [1.82, 2.24) is 0 Å². The quantitative estimate of drug-likeness (QED) is 0.918. The van der Waals surface area contributed by atoms with Gasteiger partial charge in [0, 0.05) is 12.1 Å². The number of rotatable bonds is 4. The summed E-state index contributed by atoms with van der Waals surface area (Å²) >= 11 is 0. The van der Waals surface area contributed by atoms with Crippen LogP contribution in [-0.4, -0.2) is 12.5 Å². The van der Waals surface area contributed by atoms with E-state index in [0.29, 0.717) is 6.54 Å². The van der Waals surface area contributed by atoms with Crippen LogP contribution in [0.1, 0.15) is 29.0 Å². The molecule has 0 bridgehead atoms. The summed E-state index contributed by atoms with van der Waals surface area (Å²) < 4.78 is 0. The van der Waals surface area contributed by atoms with Gasteiger partial charge >= 0.3 is 0 Å². The van der Waals surface area contributed by atoms with Crippen LogP contribution in [0.3, 0.4) is 0 Å². The van der Waals surface area contributed by atoms with E-state index in [-0.39, 0.29) is 11.8 Å². The number of carbonyl (C=O) groups excluding carboxylic acids is 1. The molecule has 0 saturated carbocycles. The van der Waals surface area contributed by atoms with Crippen LogP contribution in [-0.2, 0) is 11.3 Å². The highest BCUT2D eigenvalue weighted by Gasteiger charge is 2.36. The Labute approximate surface area is 125 Å². The second-order valence-corrected chi connectivity index (χ2v) is 5.67. The van der Waals surface area contributed by atoms with Crippen molar-refractivity contribution >= 4 is 11.6 Å². The molecule has 21 heavy (non-hydrogen) atoms. The van der Waals surface area contributed by atoms with Gasteiger partial charge in [-0.05, 0) is 24.1 Å². The van der Waals surface area contributed by atoms with Gasteiger partial charge in [-0.2, -0.15) is 0 Å². The second-order valence-electron chi connectivity index (χ2n) is 5.67. The van der Waals surface area contributed by atoms with Crippen molar-refractivity contribution in [3.63, 3.8) is 0 Å². The number of fused-ring (bicyclic) bond motifs is 1. The van der Waals surface area contributed by atoms with Crippen molar-refractivity contribution in [3.05, 3.63) is 65.2 Å². The Hall–Kier alpha value is -2.13. The Morgan fingerprint density at radius 3 is 2.62 bits per heavy atom. The molecule has 0 aliphatic carbocycles. The van der Waals surface area contributed by atoms with Crippen LogP contribution in [0.2, 0.25) is 0 Å². The zero-order valence-electron chi connectivity index (χ0n) is 12.4. The van der Waals surface area contributed by atoms with Crippen molar-refractivity contribution in [1.29, 1.82) is 0 Å². The van der Waals surface area contributed by atoms with Gasteiger partial charge in [-0.25, -0.2) is 0 Å². The van der Waals surface area contributed by atoms with Gasteiger partial charge in [0.25, 0.3) is 0 Å². The topological polar surface area (TPSA) is 48.0 Å². The van der Waals surface area contributed by atoms with Crippen molar-refractivity contribution in [2.45, 2.75) is 25.8 Å². The molecule has 3 heteroatoms. The first-order valence-corrected chi connectivity index (χ1v) is 7.46. The third-order valence-corrected chi connectivity index (χ3v) is 4.09. The van der Waals surface area contributed by atoms with Gasteiger partial charge in [-0.15, -0.1) is 0 Å². The Balaban J connectivity index is 1.97. The molecule has 0 radical (unpaired) electrons. The number of amides is 1. The fourth-order valence-corrected chi connectivity index (χ4v) is 3.05. The number of aryl methyl sites for hydroxylation is 1. The van der Waals surface area contributed by atoms with Crippen molar-refractivity contribution in [2.75, 3.05) is 11.4 Å². The predicted molar refractivity (Wildman–Crippen MR) is 83.9 cm³/mol. The highest BCUT2D eigenvalue weighted by molar-refractivity contribution is 6.04. The zero-order valence-corrected chi connectivity index (χ0v) is 12.4. The normalized spacial score (nSPS) is 17.1. The summed E-state index contributed by atoms with van der Waals surface area (Å²) in [4.78, 5) is 14.7. The van der Waals surface area contributed by atoms with Crippen LogP contribution in [0.4, 0.5) is 5.69 Å². The third kappa shape index (κ3) is 2.57. The lowest BCUT2D eigenvalue weighted by Gasteiger charge is -2.18. The Morgan fingerprint density at radius 1 is 1.14 bits per heavy atom. The lowest BCUT2D eigenvalue weighted by molar-refractivity contribution is -0.368. The summed E-state index contributed by atoms with van der Waals surface area (Å²) in [6.45, 7) is 3.50. The average molecular weight is 281 g/mol. The van der Waals surface area contributed by atoms with Crippen LogP contribution in [0.15, 0.2) is 48.5 Å². The molecule has 3 N–H and O–H groups in total. The molecule has 0 unspecified atom stereocenters. The number of quaternary nitrogens is 1. The number of nitrogens with zero attached hydrogens (tertiary/aromatic N) is 1. The summed E-state index contributed by atoms with van der Waals surface area (Å²) in [6, 6.07) is 16.5. The molecule has 2 aromatic rings. The minimum Gasteiger partial charge on any atom is -0.358 e. The summed E-state index contributed by atoms with van der Waals surface area (Å²) in [7, 11) is 0. The zero-order chi connectivity index (χ0) is 14.8. The molecule has 3 nitrogen and oxygen atoms in total. The van der Waals surface area contributed by atoms with E-state index in [2.05, 4.69) is 43.0 Å². The van der Waals surface area contributed by atoms with Crippen LogP contribution < -0.4 is 10.6 Å². The molecule has 0 saturated heterocycles. The molecule has 1 heterocycles. The van der Waals surface area contributed by atoms with Crippen molar-refractivity contribution in [3.8, 4) is 0 Å². The molecule has 0 aromatic heterocycles. The fraction of sp³-hybridized carbons (Fsp3) is 0.278. The highest BCUT2D eigenvalue weighted by Crippen LogP contribution is 2.40. The molecule has 3 rings (SSSR count). The first kappa shape index (κ1) is 13.8. The lowest BCUT2D eigenvalue weighted by Crippen LogP contribution is -2.51. The maximum absolute atomic E-state index is 12.8. The fourth-order valence-electron chi connectivity index (χ4n) is 3.05. The lowest BCUT2D eigenvalue weighted by atomic mass is 9.96. The van der Waals surface area contributed by atoms with Gasteiger partial charge in [0.1, 0.15) is 0 Å². The number of hydrogen-bond acceptors (Lipinski definition) is 1. The van der Waals surface area contributed by atoms with Crippen molar-refractivity contribution in [2.24, 2.45) is 0 Å². The Bertz CT molecular complexity index is 652. The molecule has 1 aliphatic rings. The largest absolute Gasteiger partial charge is 0.358 e. The smallest absolute Gasteiger partial charge is 0.235 e. The first-order valence-electron chi connectivity index (χ1n) is 7.46. The van der Waals surface area contributed by atoms with E-state index < -0.39 is 0 Å². The molecular formula is C18H21N2O+. The molecule has 108 valence electrons. The molecule has 2 aromatic carbocycles. The Kier molecular flexibility index (Phi) is 3.76. The van der Waals surface area contributed by atoms with Crippen molar-refractivity contribution < 1.29 is 10.5 Å². The molecule has 1 aliphatic heterocycles. The van der Waals surface area contributed by atoms with Gasteiger partial charge in [-0.3, -0.25) is 4.79 Å². The minimum absolute atomic E-state index is 0.0267. The van der Waals surface area contributed by atoms with Crippen LogP contribution in [0.25, 0.3) is 0 Å². The molecule has 0 spiro atoms. The predicted octanol–water partition coefficient (Wildman–Crippen LogP) is 2.26. The number of anilines is 1. The van der Waals surface area contributed by atoms with Crippen LogP contribution >= 0.6 is 0 Å². The number of benzene rings is 2. The van der Waals surface area contributed by atoms with Gasteiger partial charge in [-0.1, -0.05) is 48.0 Å². The van der Waals surface area contributed by atoms with Gasteiger partial charge in [0.05, 0.1) is 19.0 Å². The minimum atomic E-state index is -0.0267. The Morgan fingerprint density at radius 2 is 1.90 bits per heavy atom. The summed E-state index contributed by atoms with van der Waals surface area (Å²) in [5.74, 6) is 0.184. The monoisotopic (exact) mass is 281 g/mol. The van der Waals surface area contributed by atoms with Crippen LogP contribution in [0.5, 0.6) is 0 Å². The van der Waals surface area contributed by atoms with E-state index in [0.717, 1.165) is 24.2 Å². The highest BCUT2D eigenvalue weighted by atomic mass is 16.2.